The Hall–Kier alpha value is -8.85. The lowest BCUT2D eigenvalue weighted by atomic mass is 10.00. The fourth-order valence-corrected chi connectivity index (χ4v) is 11.6. The first-order chi connectivity index (χ1) is 45.4. The van der Waals surface area contributed by atoms with Crippen LogP contribution in [-0.4, -0.2) is 245 Å². The van der Waals surface area contributed by atoms with Gasteiger partial charge in [0.25, 0.3) is 5.91 Å². The van der Waals surface area contributed by atoms with Crippen LogP contribution in [0.1, 0.15) is 79.3 Å². The normalized spacial score (nSPS) is 18.9. The molecular weight excluding hydrogens is 1340 g/mol. The quantitative estimate of drug-likeness (QED) is 0.0161. The van der Waals surface area contributed by atoms with Gasteiger partial charge in [-0.1, -0.05) is 55.0 Å². The highest BCUT2D eigenvalue weighted by Crippen LogP contribution is 2.23. The van der Waals surface area contributed by atoms with Gasteiger partial charge >= 0.3 is 17.9 Å². The zero-order chi connectivity index (χ0) is 69.0. The molecule has 4 aromatic rings. The summed E-state index contributed by atoms with van der Waals surface area (Å²) in [7, 11) is 1.39. The highest BCUT2D eigenvalue weighted by molar-refractivity contribution is 14.1. The number of carboxylic acids is 3. The molecule has 0 bridgehead atoms. The first kappa shape index (κ1) is 75.2. The number of anilines is 1. The number of hydrogen-bond acceptors (Lipinski definition) is 17. The predicted molar refractivity (Wildman–Crippen MR) is 360 cm³/mol. The number of nitrogens with two attached hydrogens (primary N) is 1. The second kappa shape index (κ2) is 38.5. The van der Waals surface area contributed by atoms with E-state index in [0.29, 0.717) is 46.1 Å². The number of benzene rings is 4. The molecule has 2 fully saturated rings. The van der Waals surface area contributed by atoms with Crippen molar-refractivity contribution in [2.45, 2.75) is 94.8 Å². The van der Waals surface area contributed by atoms with E-state index in [0.717, 1.165) is 10.8 Å². The fourth-order valence-electron chi connectivity index (χ4n) is 11.0. The van der Waals surface area contributed by atoms with Crippen LogP contribution in [0.5, 0.6) is 5.75 Å². The molecule has 2 aliphatic rings. The number of likely N-dealkylation sites (N-methyl/N-ethyl adjacent to an activating group) is 1. The molecule has 14 N–H and O–H groups in total. The molecule has 4 atom stereocenters. The molecule has 0 unspecified atom stereocenters. The lowest BCUT2D eigenvalue weighted by Crippen LogP contribution is -2.58. The van der Waals surface area contributed by atoms with Gasteiger partial charge in [-0.3, -0.25) is 77.7 Å². The van der Waals surface area contributed by atoms with E-state index in [-0.39, 0.29) is 166 Å². The molecule has 0 saturated carbocycles. The number of unbranched alkanes of at least 4 members (excludes halogenated alkanes) is 2. The second-order valence-electron chi connectivity index (χ2n) is 23.7. The SMILES string of the molecule is CN1C(=O)[C@@H](Cc2ccc(O)c(I)c2)NC(=O)CNC(=O)[C@H](Cc2ccc3ccccc3c2)NC(=O)[C@H](CCCCC(=N)N)NC(=O)[C@H]1CCCNC(=O)c1ccc(NC(=O)CCCCNC(=O)CN2CCN(CC(=O)O)CCN(CC(=O)O)CCN(CC(=O)O)CC2)cc1. The summed E-state index contributed by atoms with van der Waals surface area (Å²) >= 11 is 1.93. The molecular formula is C65H87IN14O15. The van der Waals surface area contributed by atoms with Crippen molar-refractivity contribution in [3.63, 3.8) is 0 Å². The fraction of sp³-hybridized carbons (Fsp3) is 0.477. The Labute approximate surface area is 564 Å². The number of aliphatic carboxylic acids is 3. The van der Waals surface area contributed by atoms with Crippen molar-refractivity contribution < 1.29 is 73.2 Å². The molecule has 2 aliphatic heterocycles. The summed E-state index contributed by atoms with van der Waals surface area (Å²) in [4.78, 5) is 154. The predicted octanol–water partition coefficient (Wildman–Crippen LogP) is 0.753. The van der Waals surface area contributed by atoms with Crippen molar-refractivity contribution in [3.8, 4) is 5.75 Å². The van der Waals surface area contributed by atoms with Crippen LogP contribution in [0, 0.1) is 8.98 Å². The number of carbonyl (C=O) groups is 11. The number of halogens is 1. The van der Waals surface area contributed by atoms with Crippen LogP contribution in [0.2, 0.25) is 0 Å². The van der Waals surface area contributed by atoms with Crippen molar-refractivity contribution in [2.24, 2.45) is 5.73 Å². The average molecular weight is 1430 g/mol. The van der Waals surface area contributed by atoms with E-state index >= 15 is 0 Å². The van der Waals surface area contributed by atoms with E-state index < -0.39 is 84.1 Å². The molecule has 4 aromatic carbocycles. The summed E-state index contributed by atoms with van der Waals surface area (Å²) in [5, 5.41) is 67.8. The van der Waals surface area contributed by atoms with Gasteiger partial charge in [-0.15, -0.1) is 0 Å². The number of rotatable bonds is 28. The lowest BCUT2D eigenvalue weighted by molar-refractivity contribution is -0.142. The molecule has 2 saturated heterocycles. The van der Waals surface area contributed by atoms with E-state index in [1.54, 1.807) is 39.0 Å². The van der Waals surface area contributed by atoms with Gasteiger partial charge in [0.15, 0.2) is 0 Å². The van der Waals surface area contributed by atoms with Crippen molar-refractivity contribution in [3.05, 3.63) is 105 Å². The molecule has 0 aromatic heterocycles. The number of nitrogens with zero attached hydrogens (tertiary/aromatic N) is 5. The third-order valence-corrected chi connectivity index (χ3v) is 17.1. The van der Waals surface area contributed by atoms with Crippen LogP contribution in [0.3, 0.4) is 0 Å². The Morgan fingerprint density at radius 3 is 1.73 bits per heavy atom. The minimum Gasteiger partial charge on any atom is -0.507 e. The number of phenols is 1. The zero-order valence-corrected chi connectivity index (χ0v) is 55.4. The Morgan fingerprint density at radius 2 is 1.13 bits per heavy atom. The molecule has 95 heavy (non-hydrogen) atoms. The number of carbonyl (C=O) groups excluding carboxylic acids is 8. The minimum absolute atomic E-state index is 0.00245. The van der Waals surface area contributed by atoms with Gasteiger partial charge in [0, 0.05) is 109 Å². The molecule has 0 spiro atoms. The number of aromatic hydroxyl groups is 1. The third kappa shape index (κ3) is 26.5. The van der Waals surface area contributed by atoms with E-state index in [9.17, 15) is 73.2 Å². The number of hydrogen-bond donors (Lipinski definition) is 13. The maximum absolute atomic E-state index is 14.7. The van der Waals surface area contributed by atoms with Crippen LogP contribution in [-0.2, 0) is 60.8 Å². The van der Waals surface area contributed by atoms with E-state index in [1.807, 2.05) is 70.0 Å². The topological polar surface area (TPSA) is 419 Å². The molecule has 2 heterocycles. The summed E-state index contributed by atoms with van der Waals surface area (Å²) in [6.07, 6.45) is 2.03. The van der Waals surface area contributed by atoms with Gasteiger partial charge in [-0.2, -0.15) is 0 Å². The van der Waals surface area contributed by atoms with E-state index in [4.69, 9.17) is 11.1 Å². The number of amides is 8. The molecule has 30 heteroatoms. The summed E-state index contributed by atoms with van der Waals surface area (Å²) in [5.74, 6) is -7.89. The summed E-state index contributed by atoms with van der Waals surface area (Å²) in [6.45, 7) is 0.837. The van der Waals surface area contributed by atoms with Crippen molar-refractivity contribution in [2.75, 3.05) is 111 Å². The Kier molecular flexibility index (Phi) is 30.5. The Bertz CT molecular complexity index is 3330. The molecule has 29 nitrogen and oxygen atoms in total. The van der Waals surface area contributed by atoms with Crippen molar-refractivity contribution in [1.82, 2.24) is 56.4 Å². The lowest BCUT2D eigenvalue weighted by Gasteiger charge is -2.32. The van der Waals surface area contributed by atoms with Gasteiger partial charge in [0.1, 0.15) is 29.9 Å². The first-order valence-corrected chi connectivity index (χ1v) is 32.7. The van der Waals surface area contributed by atoms with Gasteiger partial charge in [0.05, 0.1) is 42.1 Å². The van der Waals surface area contributed by atoms with Crippen LogP contribution >= 0.6 is 22.6 Å². The number of carboxylic acid groups (broad SMARTS) is 3. The van der Waals surface area contributed by atoms with E-state index in [2.05, 4.69) is 37.2 Å². The molecule has 514 valence electrons. The summed E-state index contributed by atoms with van der Waals surface area (Å²) in [6, 6.07) is 19.0. The monoisotopic (exact) mass is 1430 g/mol. The smallest absolute Gasteiger partial charge is 0.317 e. The molecule has 0 radical (unpaired) electrons. The number of fused-ring (bicyclic) bond motifs is 1. The zero-order valence-electron chi connectivity index (χ0n) is 53.2. The standard InChI is InChI=1S/C65H87IN14O15/c1-76-52(12-8-24-70-61(91)45-18-20-47(21-19-45)72-55(82)14-6-7-23-69-57(84)38-77-25-27-78(39-58(85)86)29-31-80(41-60(89)90)32-30-79(28-26-77)40-59(87)88)64(94)74-49(11-4-5-13-54(67)68)63(93)75-50(35-42-15-17-44-9-2-3-10-46(44)33-42)62(92)71-37-56(83)73-51(65(76)95)36-43-16-22-53(81)48(66)34-43/h2-3,9-10,15-22,33-34,49-52,81H,4-8,11-14,23-32,35-41H2,1H3,(H3,67,68)(H,69,84)(H,70,91)(H,71,92)(H,72,82)(H,73,83)(H,74,94)(H,75,93)(H,85,86)(H,87,88)(H,89,90)/t49-,50-,51+,52+/m0/s1. The summed E-state index contributed by atoms with van der Waals surface area (Å²) in [5.41, 5.74) is 7.57. The van der Waals surface area contributed by atoms with Crippen LogP contribution < -0.4 is 43.0 Å². The van der Waals surface area contributed by atoms with Gasteiger partial charge in [0.2, 0.25) is 41.4 Å². The number of phenolic OH excluding ortho intramolecular Hbond substituents is 1. The molecule has 0 aliphatic carbocycles. The number of nitrogens with one attached hydrogen (secondary N) is 8. The number of amidine groups is 1. The highest BCUT2D eigenvalue weighted by atomic mass is 127. The largest absolute Gasteiger partial charge is 0.507 e. The summed E-state index contributed by atoms with van der Waals surface area (Å²) < 4.78 is 0.481. The highest BCUT2D eigenvalue weighted by Gasteiger charge is 2.36. The second-order valence-corrected chi connectivity index (χ2v) is 24.9. The average Bonchev–Trinajstić information content (AvgIpc) is 1.62. The van der Waals surface area contributed by atoms with E-state index in [1.165, 1.54) is 30.1 Å². The Morgan fingerprint density at radius 1 is 0.579 bits per heavy atom. The van der Waals surface area contributed by atoms with Crippen molar-refractivity contribution >= 4 is 110 Å². The van der Waals surface area contributed by atoms with Crippen molar-refractivity contribution in [1.29, 1.82) is 5.41 Å². The molecule has 6 rings (SSSR count). The minimum atomic E-state index is -1.29. The van der Waals surface area contributed by atoms with Gasteiger partial charge in [-0.25, -0.2) is 0 Å². The van der Waals surface area contributed by atoms with Gasteiger partial charge in [-0.05, 0) is 119 Å². The third-order valence-electron chi connectivity index (χ3n) is 16.2. The maximum Gasteiger partial charge on any atom is 0.317 e. The molecule has 8 amide bonds. The van der Waals surface area contributed by atoms with Crippen LogP contribution in [0.25, 0.3) is 10.8 Å². The maximum atomic E-state index is 14.7. The van der Waals surface area contributed by atoms with Gasteiger partial charge < -0.3 is 68.3 Å². The van der Waals surface area contributed by atoms with Crippen LogP contribution in [0.4, 0.5) is 5.69 Å². The Balaban J connectivity index is 1.05. The van der Waals surface area contributed by atoms with Crippen LogP contribution in [0.15, 0.2) is 84.9 Å². The first-order valence-electron chi connectivity index (χ1n) is 31.6.